The molecule has 0 aliphatic carbocycles. The number of benzene rings is 2. The minimum Gasteiger partial charge on any atom is -0.497 e. The number of nitrogens with one attached hydrogen (secondary N) is 1. The highest BCUT2D eigenvalue weighted by atomic mass is 16.5. The Morgan fingerprint density at radius 2 is 1.87 bits per heavy atom. The van der Waals surface area contributed by atoms with Crippen molar-refractivity contribution in [3.05, 3.63) is 60.0 Å². The molecule has 30 heavy (non-hydrogen) atoms. The van der Waals surface area contributed by atoms with E-state index in [1.165, 1.54) is 6.92 Å². The van der Waals surface area contributed by atoms with Crippen LogP contribution in [0.4, 0.5) is 5.69 Å². The Balaban J connectivity index is 1.51. The average Bonchev–Trinajstić information content (AvgIpc) is 3.43. The summed E-state index contributed by atoms with van der Waals surface area (Å²) in [4.78, 5) is 30.5. The number of carbonyl (C=O) groups is 2. The van der Waals surface area contributed by atoms with Crippen LogP contribution in [0.25, 0.3) is 11.4 Å². The summed E-state index contributed by atoms with van der Waals surface area (Å²) in [6.07, 6.45) is 1.63. The van der Waals surface area contributed by atoms with Gasteiger partial charge in [-0.3, -0.25) is 9.59 Å². The van der Waals surface area contributed by atoms with E-state index in [1.807, 2.05) is 24.3 Å². The van der Waals surface area contributed by atoms with Crippen molar-refractivity contribution in [3.8, 4) is 17.1 Å². The largest absolute Gasteiger partial charge is 0.497 e. The lowest BCUT2D eigenvalue weighted by Crippen LogP contribution is -2.30. The van der Waals surface area contributed by atoms with Gasteiger partial charge in [0, 0.05) is 30.3 Å². The second kappa shape index (κ2) is 8.36. The number of hydrogen-bond acceptors (Lipinski definition) is 6. The van der Waals surface area contributed by atoms with Crippen molar-refractivity contribution in [2.24, 2.45) is 0 Å². The Kier molecular flexibility index (Phi) is 5.47. The predicted octanol–water partition coefficient (Wildman–Crippen LogP) is 3.68. The molecule has 3 aromatic rings. The van der Waals surface area contributed by atoms with Crippen molar-refractivity contribution < 1.29 is 18.8 Å². The molecule has 8 heteroatoms. The topological polar surface area (TPSA) is 97.6 Å². The van der Waals surface area contributed by atoms with Crippen molar-refractivity contribution in [2.45, 2.75) is 25.8 Å². The lowest BCUT2D eigenvalue weighted by molar-refractivity contribution is -0.114. The minimum atomic E-state index is -0.257. The minimum absolute atomic E-state index is 0.101. The van der Waals surface area contributed by atoms with E-state index in [1.54, 1.807) is 36.3 Å². The molecule has 2 heterocycles. The molecule has 1 aromatic heterocycles. The van der Waals surface area contributed by atoms with Crippen LogP contribution < -0.4 is 10.1 Å². The third-order valence-electron chi connectivity index (χ3n) is 5.04. The maximum absolute atomic E-state index is 13.0. The van der Waals surface area contributed by atoms with Crippen LogP contribution in [0.2, 0.25) is 0 Å². The number of anilines is 1. The van der Waals surface area contributed by atoms with Gasteiger partial charge in [-0.15, -0.1) is 0 Å². The molecule has 0 spiro atoms. The molecule has 1 N–H and O–H groups in total. The fourth-order valence-corrected chi connectivity index (χ4v) is 3.56. The molecule has 1 unspecified atom stereocenters. The summed E-state index contributed by atoms with van der Waals surface area (Å²) in [5.74, 6) is 1.40. The Hall–Kier alpha value is -3.68. The average molecular weight is 406 g/mol. The van der Waals surface area contributed by atoms with Crippen LogP contribution in [-0.4, -0.2) is 40.5 Å². The van der Waals surface area contributed by atoms with Crippen molar-refractivity contribution in [1.29, 1.82) is 0 Å². The van der Waals surface area contributed by atoms with Gasteiger partial charge in [0.25, 0.3) is 5.91 Å². The van der Waals surface area contributed by atoms with Gasteiger partial charge in [0.05, 0.1) is 7.11 Å². The van der Waals surface area contributed by atoms with Gasteiger partial charge < -0.3 is 19.5 Å². The Labute approximate surface area is 173 Å². The summed E-state index contributed by atoms with van der Waals surface area (Å²) < 4.78 is 10.7. The molecule has 1 saturated heterocycles. The van der Waals surface area contributed by atoms with E-state index >= 15 is 0 Å². The van der Waals surface area contributed by atoms with Crippen molar-refractivity contribution in [2.75, 3.05) is 19.0 Å². The number of rotatable bonds is 5. The maximum atomic E-state index is 13.0. The molecule has 2 amide bonds. The fourth-order valence-electron chi connectivity index (χ4n) is 3.56. The second-order valence-corrected chi connectivity index (χ2v) is 7.10. The molecule has 2 aromatic carbocycles. The zero-order valence-corrected chi connectivity index (χ0v) is 16.8. The molecule has 1 atom stereocenters. The normalized spacial score (nSPS) is 15.8. The first-order chi connectivity index (χ1) is 14.5. The number of nitrogens with zero attached hydrogens (tertiary/aromatic N) is 3. The molecular formula is C22H22N4O4. The first kappa shape index (κ1) is 19.6. The SMILES string of the molecule is COc1ccc(-c2noc(C3CCCN3C(=O)c3ccc(NC(C)=O)cc3)n2)cc1. The first-order valence-electron chi connectivity index (χ1n) is 9.72. The Bertz CT molecular complexity index is 1040. The predicted molar refractivity (Wildman–Crippen MR) is 110 cm³/mol. The molecule has 0 radical (unpaired) electrons. The van der Waals surface area contributed by atoms with Crippen LogP contribution in [0.5, 0.6) is 5.75 Å². The van der Waals surface area contributed by atoms with Gasteiger partial charge in [-0.1, -0.05) is 5.16 Å². The molecule has 1 aliphatic rings. The van der Waals surface area contributed by atoms with Crippen molar-refractivity contribution >= 4 is 17.5 Å². The van der Waals surface area contributed by atoms with E-state index in [4.69, 9.17) is 9.26 Å². The number of ether oxygens (including phenoxy) is 1. The zero-order valence-electron chi connectivity index (χ0n) is 16.8. The highest BCUT2D eigenvalue weighted by molar-refractivity contribution is 5.95. The molecule has 1 aliphatic heterocycles. The summed E-state index contributed by atoms with van der Waals surface area (Å²) in [6.45, 7) is 2.07. The zero-order chi connectivity index (χ0) is 21.1. The van der Waals surface area contributed by atoms with Crippen molar-refractivity contribution in [3.63, 3.8) is 0 Å². The smallest absolute Gasteiger partial charge is 0.254 e. The molecule has 8 nitrogen and oxygen atoms in total. The highest BCUT2D eigenvalue weighted by Crippen LogP contribution is 2.33. The molecule has 0 saturated carbocycles. The van der Waals surface area contributed by atoms with E-state index in [2.05, 4.69) is 15.5 Å². The summed E-state index contributed by atoms with van der Waals surface area (Å²) >= 11 is 0. The molecule has 1 fully saturated rings. The van der Waals surface area contributed by atoms with E-state index < -0.39 is 0 Å². The molecule has 154 valence electrons. The summed E-state index contributed by atoms with van der Waals surface area (Å²) in [5, 5.41) is 6.78. The molecule has 4 rings (SSSR count). The Morgan fingerprint density at radius 3 is 2.53 bits per heavy atom. The van der Waals surface area contributed by atoms with Crippen LogP contribution in [0.1, 0.15) is 42.1 Å². The van der Waals surface area contributed by atoms with Gasteiger partial charge in [0.2, 0.25) is 17.6 Å². The van der Waals surface area contributed by atoms with Gasteiger partial charge in [-0.2, -0.15) is 4.98 Å². The highest BCUT2D eigenvalue weighted by Gasteiger charge is 2.34. The van der Waals surface area contributed by atoms with E-state index in [0.29, 0.717) is 29.5 Å². The number of carbonyl (C=O) groups excluding carboxylic acids is 2. The van der Waals surface area contributed by atoms with Crippen LogP contribution in [0.15, 0.2) is 53.1 Å². The monoisotopic (exact) mass is 406 g/mol. The quantitative estimate of drug-likeness (QED) is 0.694. The lowest BCUT2D eigenvalue weighted by atomic mass is 10.1. The standard InChI is InChI=1S/C22H22N4O4/c1-14(27)23-17-9-5-16(6-10-17)22(28)26-13-3-4-19(26)21-24-20(25-30-21)15-7-11-18(29-2)12-8-15/h5-12,19H,3-4,13H2,1-2H3,(H,23,27). The maximum Gasteiger partial charge on any atom is 0.254 e. The van der Waals surface area contributed by atoms with Crippen LogP contribution in [0.3, 0.4) is 0 Å². The molecular weight excluding hydrogens is 384 g/mol. The van der Waals surface area contributed by atoms with Gasteiger partial charge >= 0.3 is 0 Å². The van der Waals surface area contributed by atoms with Crippen LogP contribution in [-0.2, 0) is 4.79 Å². The van der Waals surface area contributed by atoms with Crippen LogP contribution in [0, 0.1) is 0 Å². The first-order valence-corrected chi connectivity index (χ1v) is 9.72. The van der Waals surface area contributed by atoms with Crippen LogP contribution >= 0.6 is 0 Å². The summed E-state index contributed by atoms with van der Waals surface area (Å²) in [7, 11) is 1.61. The number of hydrogen-bond donors (Lipinski definition) is 1. The summed E-state index contributed by atoms with van der Waals surface area (Å²) in [6, 6.07) is 14.0. The van der Waals surface area contributed by atoms with Gasteiger partial charge in [-0.25, -0.2) is 0 Å². The fraction of sp³-hybridized carbons (Fsp3) is 0.273. The van der Waals surface area contributed by atoms with E-state index in [9.17, 15) is 9.59 Å². The second-order valence-electron chi connectivity index (χ2n) is 7.10. The van der Waals surface area contributed by atoms with Gasteiger partial charge in [0.1, 0.15) is 11.8 Å². The van der Waals surface area contributed by atoms with E-state index in [0.717, 1.165) is 24.2 Å². The third-order valence-corrected chi connectivity index (χ3v) is 5.04. The third kappa shape index (κ3) is 4.03. The summed E-state index contributed by atoms with van der Waals surface area (Å²) in [5.41, 5.74) is 2.01. The van der Waals surface area contributed by atoms with E-state index in [-0.39, 0.29) is 17.9 Å². The Morgan fingerprint density at radius 1 is 1.13 bits per heavy atom. The van der Waals surface area contributed by atoms with Gasteiger partial charge in [0.15, 0.2) is 0 Å². The number of aromatic nitrogens is 2. The number of methoxy groups -OCH3 is 1. The number of likely N-dealkylation sites (tertiary alicyclic amines) is 1. The number of amides is 2. The van der Waals surface area contributed by atoms with Crippen molar-refractivity contribution in [1.82, 2.24) is 15.0 Å². The van der Waals surface area contributed by atoms with Gasteiger partial charge in [-0.05, 0) is 61.4 Å². The molecule has 0 bridgehead atoms. The lowest BCUT2D eigenvalue weighted by Gasteiger charge is -2.22.